The number of carbonyl (C=O) groups excluding carboxylic acids is 1. The van der Waals surface area contributed by atoms with E-state index in [1.165, 1.54) is 0 Å². The van der Waals surface area contributed by atoms with Crippen LogP contribution in [-0.4, -0.2) is 39.5 Å². The fourth-order valence-corrected chi connectivity index (χ4v) is 1.96. The van der Waals surface area contributed by atoms with E-state index < -0.39 is 0 Å². The van der Waals surface area contributed by atoms with Crippen LogP contribution in [-0.2, 0) is 6.54 Å². The number of amides is 1. The first-order valence-corrected chi connectivity index (χ1v) is 7.16. The van der Waals surface area contributed by atoms with E-state index in [4.69, 9.17) is 5.73 Å². The zero-order valence-corrected chi connectivity index (χ0v) is 12.3. The molecule has 1 rings (SSSR count). The number of nitrogens with two attached hydrogens (primary N) is 1. The number of carbonyl (C=O) groups is 1. The predicted molar refractivity (Wildman–Crippen MR) is 77.0 cm³/mol. The van der Waals surface area contributed by atoms with Gasteiger partial charge in [0.1, 0.15) is 5.69 Å². The summed E-state index contributed by atoms with van der Waals surface area (Å²) >= 11 is 0. The van der Waals surface area contributed by atoms with Gasteiger partial charge in [-0.15, -0.1) is 0 Å². The van der Waals surface area contributed by atoms with Gasteiger partial charge < -0.3 is 15.2 Å². The number of rotatable bonds is 8. The number of hydrogen-bond donors (Lipinski definition) is 1. The highest BCUT2D eigenvalue weighted by Crippen LogP contribution is 2.11. The summed E-state index contributed by atoms with van der Waals surface area (Å²) in [6.07, 6.45) is 6.53. The van der Waals surface area contributed by atoms with Gasteiger partial charge in [0, 0.05) is 31.9 Å². The van der Waals surface area contributed by atoms with Crippen molar-refractivity contribution in [2.45, 2.75) is 52.6 Å². The number of unbranched alkanes of at least 4 members (excludes halogenated alkanes) is 1. The Morgan fingerprint density at radius 3 is 2.84 bits per heavy atom. The monoisotopic (exact) mass is 266 g/mol. The van der Waals surface area contributed by atoms with Crippen LogP contribution in [0.1, 0.15) is 50.5 Å². The van der Waals surface area contributed by atoms with Gasteiger partial charge in [-0.25, -0.2) is 4.98 Å². The summed E-state index contributed by atoms with van der Waals surface area (Å²) in [6.45, 7) is 8.37. The molecule has 2 N–H and O–H groups in total. The minimum absolute atomic E-state index is 0.0265. The minimum Gasteiger partial charge on any atom is -0.335 e. The number of aromatic nitrogens is 2. The molecule has 1 amide bonds. The molecule has 5 heteroatoms. The van der Waals surface area contributed by atoms with Crippen molar-refractivity contribution in [1.82, 2.24) is 14.5 Å². The molecular formula is C14H26N4O. The maximum absolute atomic E-state index is 12.5. The number of hydrogen-bond acceptors (Lipinski definition) is 3. The molecule has 5 nitrogen and oxygen atoms in total. The van der Waals surface area contributed by atoms with Gasteiger partial charge in [-0.3, -0.25) is 4.79 Å². The lowest BCUT2D eigenvalue weighted by Gasteiger charge is -2.27. The molecule has 0 radical (unpaired) electrons. The zero-order valence-electron chi connectivity index (χ0n) is 12.3. The molecule has 0 aliphatic rings. The molecule has 0 aromatic carbocycles. The summed E-state index contributed by atoms with van der Waals surface area (Å²) < 4.78 is 1.86. The third-order valence-corrected chi connectivity index (χ3v) is 3.38. The highest BCUT2D eigenvalue weighted by atomic mass is 16.2. The van der Waals surface area contributed by atoms with Crippen molar-refractivity contribution in [3.8, 4) is 0 Å². The topological polar surface area (TPSA) is 64.2 Å². The molecule has 0 aliphatic carbocycles. The largest absolute Gasteiger partial charge is 0.335 e. The molecule has 0 aliphatic heterocycles. The summed E-state index contributed by atoms with van der Waals surface area (Å²) in [6, 6.07) is 0.249. The summed E-state index contributed by atoms with van der Waals surface area (Å²) in [5, 5.41) is 0. The summed E-state index contributed by atoms with van der Waals surface area (Å²) in [4.78, 5) is 18.6. The lowest BCUT2D eigenvalue weighted by atomic mass is 10.2. The standard InChI is InChI=1S/C14H26N4O/c1-4-6-8-18(12(3)5-2)14(19)13-10-17(9-7-15)11-16-13/h10-12H,4-9,15H2,1-3H3. The van der Waals surface area contributed by atoms with Crippen molar-refractivity contribution in [1.29, 1.82) is 0 Å². The van der Waals surface area contributed by atoms with Gasteiger partial charge in [-0.1, -0.05) is 20.3 Å². The van der Waals surface area contributed by atoms with Crippen molar-refractivity contribution in [3.05, 3.63) is 18.2 Å². The zero-order chi connectivity index (χ0) is 14.3. The van der Waals surface area contributed by atoms with E-state index in [0.29, 0.717) is 18.8 Å². The van der Waals surface area contributed by atoms with Crippen molar-refractivity contribution in [2.75, 3.05) is 13.1 Å². The fraction of sp³-hybridized carbons (Fsp3) is 0.714. The second-order valence-corrected chi connectivity index (χ2v) is 4.89. The molecule has 0 saturated heterocycles. The van der Waals surface area contributed by atoms with E-state index in [1.54, 1.807) is 12.5 Å². The van der Waals surface area contributed by atoms with Crippen LogP contribution in [0.15, 0.2) is 12.5 Å². The van der Waals surface area contributed by atoms with Gasteiger partial charge in [0.05, 0.1) is 6.33 Å². The Hall–Kier alpha value is -1.36. The van der Waals surface area contributed by atoms with E-state index in [0.717, 1.165) is 25.8 Å². The van der Waals surface area contributed by atoms with Crippen LogP contribution >= 0.6 is 0 Å². The normalized spacial score (nSPS) is 12.4. The Morgan fingerprint density at radius 1 is 1.53 bits per heavy atom. The van der Waals surface area contributed by atoms with Gasteiger partial charge in [0.15, 0.2) is 0 Å². The molecule has 0 saturated carbocycles. The molecular weight excluding hydrogens is 240 g/mol. The summed E-state index contributed by atoms with van der Waals surface area (Å²) in [7, 11) is 0. The molecule has 1 unspecified atom stereocenters. The van der Waals surface area contributed by atoms with E-state index in [2.05, 4.69) is 25.8 Å². The maximum atomic E-state index is 12.5. The Bertz CT molecular complexity index is 389. The molecule has 0 bridgehead atoms. The lowest BCUT2D eigenvalue weighted by Crippen LogP contribution is -2.39. The van der Waals surface area contributed by atoms with Gasteiger partial charge in [0.25, 0.3) is 5.91 Å². The first kappa shape index (κ1) is 15.7. The first-order valence-electron chi connectivity index (χ1n) is 7.16. The molecule has 1 aromatic heterocycles. The van der Waals surface area contributed by atoms with E-state index in [1.807, 2.05) is 9.47 Å². The van der Waals surface area contributed by atoms with Crippen molar-refractivity contribution >= 4 is 5.91 Å². The third kappa shape index (κ3) is 4.35. The van der Waals surface area contributed by atoms with Crippen LogP contribution in [0.4, 0.5) is 0 Å². The highest BCUT2D eigenvalue weighted by molar-refractivity contribution is 5.92. The quantitative estimate of drug-likeness (QED) is 0.781. The van der Waals surface area contributed by atoms with E-state index in [9.17, 15) is 4.79 Å². The SMILES string of the molecule is CCCCN(C(=O)c1cn(CCN)cn1)C(C)CC. The number of nitrogens with zero attached hydrogens (tertiary/aromatic N) is 3. The van der Waals surface area contributed by atoms with Crippen molar-refractivity contribution in [2.24, 2.45) is 5.73 Å². The van der Waals surface area contributed by atoms with Crippen LogP contribution < -0.4 is 5.73 Å². The molecule has 1 heterocycles. The van der Waals surface area contributed by atoms with Crippen LogP contribution in [0.3, 0.4) is 0 Å². The molecule has 1 aromatic rings. The van der Waals surface area contributed by atoms with E-state index in [-0.39, 0.29) is 11.9 Å². The molecule has 19 heavy (non-hydrogen) atoms. The third-order valence-electron chi connectivity index (χ3n) is 3.38. The van der Waals surface area contributed by atoms with Crippen molar-refractivity contribution in [3.63, 3.8) is 0 Å². The Kier molecular flexibility index (Phi) is 6.56. The lowest BCUT2D eigenvalue weighted by molar-refractivity contribution is 0.0679. The van der Waals surface area contributed by atoms with E-state index >= 15 is 0 Å². The van der Waals surface area contributed by atoms with Crippen LogP contribution in [0.25, 0.3) is 0 Å². The summed E-state index contributed by atoms with van der Waals surface area (Å²) in [5.74, 6) is 0.0265. The molecule has 0 fully saturated rings. The number of imidazole rings is 1. The smallest absolute Gasteiger partial charge is 0.274 e. The second-order valence-electron chi connectivity index (χ2n) is 4.89. The van der Waals surface area contributed by atoms with Gasteiger partial charge in [0.2, 0.25) is 0 Å². The van der Waals surface area contributed by atoms with Crippen LogP contribution in [0, 0.1) is 0 Å². The van der Waals surface area contributed by atoms with Crippen LogP contribution in [0.2, 0.25) is 0 Å². The van der Waals surface area contributed by atoms with Crippen LogP contribution in [0.5, 0.6) is 0 Å². The average molecular weight is 266 g/mol. The minimum atomic E-state index is 0.0265. The van der Waals surface area contributed by atoms with Gasteiger partial charge >= 0.3 is 0 Å². The van der Waals surface area contributed by atoms with Gasteiger partial charge in [-0.2, -0.15) is 0 Å². The fourth-order valence-electron chi connectivity index (χ4n) is 1.96. The molecule has 0 spiro atoms. The first-order chi connectivity index (χ1) is 9.13. The maximum Gasteiger partial charge on any atom is 0.274 e. The summed E-state index contributed by atoms with van der Waals surface area (Å²) in [5.41, 5.74) is 6.02. The Balaban J connectivity index is 2.78. The molecule has 108 valence electrons. The highest BCUT2D eigenvalue weighted by Gasteiger charge is 2.21. The second kappa shape index (κ2) is 7.94. The Labute approximate surface area is 115 Å². The molecule has 1 atom stereocenters. The van der Waals surface area contributed by atoms with Gasteiger partial charge in [-0.05, 0) is 19.8 Å². The van der Waals surface area contributed by atoms with Crippen molar-refractivity contribution < 1.29 is 4.79 Å². The average Bonchev–Trinajstić information content (AvgIpc) is 2.87. The predicted octanol–water partition coefficient (Wildman–Crippen LogP) is 1.88. The Morgan fingerprint density at radius 2 is 2.26 bits per heavy atom.